The molecule has 1 aliphatic heterocycles. The zero-order chi connectivity index (χ0) is 17.4. The molecule has 1 aliphatic rings. The number of amides is 1. The topological polar surface area (TPSA) is 58.5 Å². The minimum Gasteiger partial charge on any atom is -0.273 e. The van der Waals surface area contributed by atoms with Gasteiger partial charge in [0.1, 0.15) is 11.0 Å². The van der Waals surface area contributed by atoms with Crippen molar-refractivity contribution in [1.29, 1.82) is 0 Å². The lowest BCUT2D eigenvalue weighted by Crippen LogP contribution is -2.25. The Hall–Kier alpha value is -2.02. The van der Waals surface area contributed by atoms with E-state index in [9.17, 15) is 4.79 Å². The fourth-order valence-corrected chi connectivity index (χ4v) is 3.66. The molecule has 1 aromatic heterocycles. The molecule has 0 fully saturated rings. The van der Waals surface area contributed by atoms with Crippen molar-refractivity contribution in [1.82, 2.24) is 13.8 Å². The van der Waals surface area contributed by atoms with Crippen LogP contribution in [0.2, 0.25) is 10.0 Å². The van der Waals surface area contributed by atoms with E-state index in [0.717, 1.165) is 27.9 Å². The van der Waals surface area contributed by atoms with E-state index < -0.39 is 0 Å². The Balaban J connectivity index is 1.53. The Labute approximate surface area is 158 Å². The summed E-state index contributed by atoms with van der Waals surface area (Å²) in [5.74, 6) is -0.0595. The standard InChI is InChI=1S/C17H12Cl2N4OS/c18-11-2-3-13(19)12(9-11)14-5-6-23(20-14)17(24)8-10-1-4-15-16(7-10)22-25-21-15/h1-4,7,9H,5-6,8H2. The Bertz CT molecular complexity index is 1000. The van der Waals surface area contributed by atoms with E-state index >= 15 is 0 Å². The summed E-state index contributed by atoms with van der Waals surface area (Å²) in [6.45, 7) is 0.539. The van der Waals surface area contributed by atoms with Crippen LogP contribution >= 0.6 is 34.9 Å². The molecule has 0 saturated heterocycles. The molecule has 0 bridgehead atoms. The average Bonchev–Trinajstić information content (AvgIpc) is 3.25. The van der Waals surface area contributed by atoms with Crippen LogP contribution < -0.4 is 0 Å². The first-order chi connectivity index (χ1) is 12.1. The summed E-state index contributed by atoms with van der Waals surface area (Å²) in [6.07, 6.45) is 0.925. The molecule has 0 N–H and O–H groups in total. The van der Waals surface area contributed by atoms with Gasteiger partial charge in [0, 0.05) is 22.0 Å². The van der Waals surface area contributed by atoms with Gasteiger partial charge in [0.05, 0.1) is 30.4 Å². The van der Waals surface area contributed by atoms with Gasteiger partial charge in [-0.3, -0.25) is 4.79 Å². The molecular weight excluding hydrogens is 379 g/mol. The molecule has 1 amide bonds. The molecule has 0 atom stereocenters. The quantitative estimate of drug-likeness (QED) is 0.673. The first-order valence-electron chi connectivity index (χ1n) is 7.64. The fourth-order valence-electron chi connectivity index (χ4n) is 2.75. The highest BCUT2D eigenvalue weighted by Crippen LogP contribution is 2.25. The van der Waals surface area contributed by atoms with Crippen molar-refractivity contribution in [3.63, 3.8) is 0 Å². The second kappa shape index (κ2) is 6.71. The molecule has 2 heterocycles. The minimum atomic E-state index is -0.0595. The number of halogens is 2. The number of carbonyl (C=O) groups excluding carboxylic acids is 1. The summed E-state index contributed by atoms with van der Waals surface area (Å²) >= 11 is 13.4. The highest BCUT2D eigenvalue weighted by molar-refractivity contribution is 7.00. The van der Waals surface area contributed by atoms with Crippen LogP contribution in [0.1, 0.15) is 17.5 Å². The van der Waals surface area contributed by atoms with Gasteiger partial charge in [0.25, 0.3) is 0 Å². The molecule has 0 aliphatic carbocycles. The number of carbonyl (C=O) groups is 1. The highest BCUT2D eigenvalue weighted by Gasteiger charge is 2.23. The summed E-state index contributed by atoms with van der Waals surface area (Å²) in [4.78, 5) is 12.5. The zero-order valence-electron chi connectivity index (χ0n) is 12.9. The van der Waals surface area contributed by atoms with Gasteiger partial charge in [0.15, 0.2) is 0 Å². The predicted molar refractivity (Wildman–Crippen MR) is 100 cm³/mol. The van der Waals surface area contributed by atoms with Gasteiger partial charge in [-0.15, -0.1) is 0 Å². The first kappa shape index (κ1) is 16.4. The van der Waals surface area contributed by atoms with Gasteiger partial charge in [0.2, 0.25) is 5.91 Å². The van der Waals surface area contributed by atoms with Crippen molar-refractivity contribution in [2.45, 2.75) is 12.8 Å². The molecule has 0 saturated carbocycles. The Morgan fingerprint density at radius 1 is 1.12 bits per heavy atom. The maximum atomic E-state index is 12.5. The van der Waals surface area contributed by atoms with Crippen LogP contribution in [0.3, 0.4) is 0 Å². The van der Waals surface area contributed by atoms with Gasteiger partial charge in [-0.2, -0.15) is 13.8 Å². The number of fused-ring (bicyclic) bond motifs is 1. The van der Waals surface area contributed by atoms with Crippen molar-refractivity contribution in [2.24, 2.45) is 5.10 Å². The van der Waals surface area contributed by atoms with Gasteiger partial charge >= 0.3 is 0 Å². The molecular formula is C17H12Cl2N4OS. The number of rotatable bonds is 3. The number of hydrogen-bond donors (Lipinski definition) is 0. The number of benzene rings is 2. The van der Waals surface area contributed by atoms with E-state index in [1.165, 1.54) is 16.7 Å². The van der Waals surface area contributed by atoms with Crippen LogP contribution in [0.4, 0.5) is 0 Å². The summed E-state index contributed by atoms with van der Waals surface area (Å²) in [7, 11) is 0. The van der Waals surface area contributed by atoms with Crippen molar-refractivity contribution in [3.8, 4) is 0 Å². The van der Waals surface area contributed by atoms with E-state index in [2.05, 4.69) is 13.8 Å². The van der Waals surface area contributed by atoms with Crippen LogP contribution in [0.5, 0.6) is 0 Å². The van der Waals surface area contributed by atoms with E-state index in [-0.39, 0.29) is 12.3 Å². The molecule has 8 heteroatoms. The Morgan fingerprint density at radius 3 is 2.84 bits per heavy atom. The smallest absolute Gasteiger partial charge is 0.247 e. The monoisotopic (exact) mass is 390 g/mol. The van der Waals surface area contributed by atoms with E-state index in [4.69, 9.17) is 23.2 Å². The molecule has 2 aromatic carbocycles. The molecule has 0 unspecified atom stereocenters. The summed E-state index contributed by atoms with van der Waals surface area (Å²) in [5, 5.41) is 7.11. The van der Waals surface area contributed by atoms with Gasteiger partial charge < -0.3 is 0 Å². The number of aromatic nitrogens is 2. The van der Waals surface area contributed by atoms with Crippen molar-refractivity contribution in [3.05, 3.63) is 57.6 Å². The van der Waals surface area contributed by atoms with Gasteiger partial charge in [-0.05, 0) is 35.9 Å². The highest BCUT2D eigenvalue weighted by atomic mass is 35.5. The maximum absolute atomic E-state index is 12.5. The molecule has 5 nitrogen and oxygen atoms in total. The third kappa shape index (κ3) is 3.38. The molecule has 126 valence electrons. The second-order valence-corrected chi connectivity index (χ2v) is 7.07. The molecule has 3 aromatic rings. The Kier molecular flexibility index (Phi) is 4.41. The number of nitrogens with zero attached hydrogens (tertiary/aromatic N) is 4. The van der Waals surface area contributed by atoms with Crippen LogP contribution in [-0.2, 0) is 11.2 Å². The fraction of sp³-hybridized carbons (Fsp3) is 0.176. The second-order valence-electron chi connectivity index (χ2n) is 5.70. The maximum Gasteiger partial charge on any atom is 0.247 e. The average molecular weight is 391 g/mol. The third-order valence-corrected chi connectivity index (χ3v) is 5.12. The third-order valence-electron chi connectivity index (χ3n) is 4.00. The molecule has 0 radical (unpaired) electrons. The first-order valence-corrected chi connectivity index (χ1v) is 9.13. The minimum absolute atomic E-state index is 0.0595. The van der Waals surface area contributed by atoms with E-state index in [1.54, 1.807) is 18.2 Å². The SMILES string of the molecule is O=C(Cc1ccc2nsnc2c1)N1CCC(c2cc(Cl)ccc2Cl)=N1. The molecule has 4 rings (SSSR count). The van der Waals surface area contributed by atoms with E-state index in [0.29, 0.717) is 23.0 Å². The van der Waals surface area contributed by atoms with Crippen LogP contribution in [-0.4, -0.2) is 31.9 Å². The van der Waals surface area contributed by atoms with E-state index in [1.807, 2.05) is 18.2 Å². The normalized spacial score (nSPS) is 14.2. The number of hydrazone groups is 1. The van der Waals surface area contributed by atoms with Crippen molar-refractivity contribution >= 4 is 57.6 Å². The van der Waals surface area contributed by atoms with Crippen molar-refractivity contribution in [2.75, 3.05) is 6.54 Å². The molecule has 25 heavy (non-hydrogen) atoms. The van der Waals surface area contributed by atoms with Gasteiger partial charge in [-0.25, -0.2) is 5.01 Å². The summed E-state index contributed by atoms with van der Waals surface area (Å²) < 4.78 is 8.37. The van der Waals surface area contributed by atoms with Crippen LogP contribution in [0.15, 0.2) is 41.5 Å². The van der Waals surface area contributed by atoms with Crippen LogP contribution in [0, 0.1) is 0 Å². The lowest BCUT2D eigenvalue weighted by Gasteiger charge is -2.11. The Morgan fingerprint density at radius 2 is 1.96 bits per heavy atom. The lowest BCUT2D eigenvalue weighted by molar-refractivity contribution is -0.130. The van der Waals surface area contributed by atoms with Gasteiger partial charge in [-0.1, -0.05) is 29.3 Å². The predicted octanol–water partition coefficient (Wildman–Crippen LogP) is 4.18. The zero-order valence-corrected chi connectivity index (χ0v) is 15.3. The largest absolute Gasteiger partial charge is 0.273 e. The lowest BCUT2D eigenvalue weighted by atomic mass is 10.1. The summed E-state index contributed by atoms with van der Waals surface area (Å²) in [6, 6.07) is 10.9. The van der Waals surface area contributed by atoms with Crippen LogP contribution in [0.25, 0.3) is 11.0 Å². The number of hydrogen-bond acceptors (Lipinski definition) is 5. The summed E-state index contributed by atoms with van der Waals surface area (Å²) in [5.41, 5.74) is 4.11. The molecule has 0 spiro atoms. The van der Waals surface area contributed by atoms with Crippen molar-refractivity contribution < 1.29 is 4.79 Å².